The molecule has 0 aliphatic carbocycles. The van der Waals surface area contributed by atoms with Crippen molar-refractivity contribution in [3.8, 4) is 5.75 Å². The van der Waals surface area contributed by atoms with Crippen LogP contribution in [0.1, 0.15) is 54.4 Å². The number of hydrogen-bond acceptors (Lipinski definition) is 14. The lowest BCUT2D eigenvalue weighted by molar-refractivity contribution is -0.757. The smallest absolute Gasteiger partial charge is 0.495 e. The van der Waals surface area contributed by atoms with Crippen LogP contribution in [0.5, 0.6) is 5.75 Å². The predicted molar refractivity (Wildman–Crippen MR) is 170 cm³/mol. The Morgan fingerprint density at radius 1 is 1.09 bits per heavy atom. The number of nitrogens with one attached hydrogen (secondary N) is 1. The number of halogens is 1. The highest BCUT2D eigenvalue weighted by Crippen LogP contribution is 2.25. The molecule has 0 radical (unpaired) electrons. The van der Waals surface area contributed by atoms with E-state index in [0.29, 0.717) is 42.7 Å². The van der Waals surface area contributed by atoms with Crippen LogP contribution in [0, 0.1) is 10.1 Å². The molecule has 1 fully saturated rings. The molecule has 17 heteroatoms. The summed E-state index contributed by atoms with van der Waals surface area (Å²) >= 11 is 6.24. The number of nitrogens with zero attached hydrogens (tertiary/aromatic N) is 7. The van der Waals surface area contributed by atoms with E-state index in [1.54, 1.807) is 37.7 Å². The summed E-state index contributed by atoms with van der Waals surface area (Å²) < 4.78 is 15.7. The highest BCUT2D eigenvalue weighted by molar-refractivity contribution is 6.32. The molecule has 2 aromatic heterocycles. The molecule has 1 atom stereocenters. The van der Waals surface area contributed by atoms with Crippen LogP contribution in [-0.2, 0) is 20.9 Å². The first-order valence-electron chi connectivity index (χ1n) is 15.1. The number of carbonyl (C=O) groups is 2. The van der Waals surface area contributed by atoms with Crippen molar-refractivity contribution in [3.63, 3.8) is 0 Å². The van der Waals surface area contributed by atoms with Crippen LogP contribution in [0.3, 0.4) is 0 Å². The summed E-state index contributed by atoms with van der Waals surface area (Å²) in [6.45, 7) is 1.54. The Balaban J connectivity index is 1.27. The normalized spacial score (nSPS) is 14.0. The van der Waals surface area contributed by atoms with Gasteiger partial charge in [0.25, 0.3) is 11.0 Å². The number of anilines is 2. The third kappa shape index (κ3) is 10.9. The average molecular weight is 673 g/mol. The van der Waals surface area contributed by atoms with Crippen LogP contribution in [0.2, 0.25) is 5.02 Å². The first-order chi connectivity index (χ1) is 22.9. The number of methoxy groups -OCH3 is 1. The number of carbonyl (C=O) groups excluding carboxylic acids is 2. The van der Waals surface area contributed by atoms with E-state index in [1.807, 2.05) is 11.0 Å². The number of hydrogen-bond donors (Lipinski definition) is 1. The number of aromatic nitrogens is 4. The quantitative estimate of drug-likeness (QED) is 0.0666. The number of benzene rings is 1. The second-order valence-corrected chi connectivity index (χ2v) is 10.9. The number of unbranched alkanes of at least 4 members (excludes halogenated alkanes) is 3. The third-order valence-corrected chi connectivity index (χ3v) is 7.52. The van der Waals surface area contributed by atoms with Crippen molar-refractivity contribution in [2.24, 2.45) is 0 Å². The molecule has 1 saturated heterocycles. The number of ether oxygens (including phenoxy) is 3. The van der Waals surface area contributed by atoms with E-state index in [9.17, 15) is 19.7 Å². The fourth-order valence-electron chi connectivity index (χ4n) is 4.86. The van der Waals surface area contributed by atoms with Gasteiger partial charge in [0.15, 0.2) is 0 Å². The van der Waals surface area contributed by atoms with Crippen LogP contribution >= 0.6 is 11.6 Å². The molecule has 0 spiro atoms. The molecule has 47 heavy (non-hydrogen) atoms. The molecule has 1 aromatic carbocycles. The number of amides is 1. The van der Waals surface area contributed by atoms with Crippen molar-refractivity contribution in [2.75, 3.05) is 49.9 Å². The van der Waals surface area contributed by atoms with Crippen LogP contribution in [0.4, 0.5) is 16.7 Å². The SMILES string of the molecule is COc1ccc(CNCN(C(=O)c2cnc(N3CCC[C@H]3COC(=O)OCCCCCCO[N+](=O)[O-])nc2)c2ncccn2)cc1Cl. The topological polar surface area (TPSA) is 184 Å². The summed E-state index contributed by atoms with van der Waals surface area (Å²) in [6, 6.07) is 6.96. The molecule has 252 valence electrons. The van der Waals surface area contributed by atoms with Gasteiger partial charge in [-0.3, -0.25) is 15.0 Å². The van der Waals surface area contributed by atoms with Crippen molar-refractivity contribution in [3.05, 3.63) is 75.3 Å². The molecule has 1 aliphatic heterocycles. The lowest BCUT2D eigenvalue weighted by Crippen LogP contribution is -2.40. The first kappa shape index (κ1) is 35.0. The minimum absolute atomic E-state index is 0.0531. The molecular formula is C30H37ClN8O8. The van der Waals surface area contributed by atoms with Crippen molar-refractivity contribution in [2.45, 2.75) is 51.1 Å². The molecule has 0 bridgehead atoms. The van der Waals surface area contributed by atoms with Gasteiger partial charge in [0.2, 0.25) is 11.9 Å². The Bertz CT molecular complexity index is 1450. The Hall–Kier alpha value is -4.83. The van der Waals surface area contributed by atoms with Gasteiger partial charge in [-0.15, -0.1) is 10.1 Å². The van der Waals surface area contributed by atoms with Crippen molar-refractivity contribution >= 4 is 35.6 Å². The largest absolute Gasteiger partial charge is 0.508 e. The van der Waals surface area contributed by atoms with Crippen molar-refractivity contribution in [1.29, 1.82) is 0 Å². The second-order valence-electron chi connectivity index (χ2n) is 10.5. The molecule has 16 nitrogen and oxygen atoms in total. The van der Waals surface area contributed by atoms with Gasteiger partial charge in [-0.1, -0.05) is 24.1 Å². The van der Waals surface area contributed by atoms with Gasteiger partial charge in [0.1, 0.15) is 12.4 Å². The molecule has 3 aromatic rings. The van der Waals surface area contributed by atoms with Crippen LogP contribution in [-0.4, -0.2) is 83.3 Å². The fraction of sp³-hybridized carbons (Fsp3) is 0.467. The summed E-state index contributed by atoms with van der Waals surface area (Å²) in [4.78, 5) is 60.8. The van der Waals surface area contributed by atoms with Gasteiger partial charge < -0.3 is 23.9 Å². The average Bonchev–Trinajstić information content (AvgIpc) is 3.56. The lowest BCUT2D eigenvalue weighted by Gasteiger charge is -2.24. The van der Waals surface area contributed by atoms with E-state index < -0.39 is 17.1 Å². The minimum Gasteiger partial charge on any atom is -0.495 e. The first-order valence-corrected chi connectivity index (χ1v) is 15.5. The maximum atomic E-state index is 13.6. The van der Waals surface area contributed by atoms with E-state index in [4.69, 9.17) is 25.8 Å². The fourth-order valence-corrected chi connectivity index (χ4v) is 5.14. The van der Waals surface area contributed by atoms with E-state index in [-0.39, 0.29) is 44.0 Å². The zero-order valence-corrected chi connectivity index (χ0v) is 26.7. The van der Waals surface area contributed by atoms with Gasteiger partial charge in [-0.2, -0.15) is 0 Å². The van der Waals surface area contributed by atoms with Crippen LogP contribution in [0.25, 0.3) is 0 Å². The molecule has 0 unspecified atom stereocenters. The summed E-state index contributed by atoms with van der Waals surface area (Å²) in [5.41, 5.74) is 1.15. The lowest BCUT2D eigenvalue weighted by atomic mass is 10.2. The predicted octanol–water partition coefficient (Wildman–Crippen LogP) is 4.21. The summed E-state index contributed by atoms with van der Waals surface area (Å²) in [5.74, 6) is 0.813. The monoisotopic (exact) mass is 672 g/mol. The maximum Gasteiger partial charge on any atom is 0.508 e. The Morgan fingerprint density at radius 2 is 1.83 bits per heavy atom. The Labute approximate surface area is 276 Å². The molecular weight excluding hydrogens is 636 g/mol. The van der Waals surface area contributed by atoms with Gasteiger partial charge >= 0.3 is 6.16 Å². The molecule has 1 amide bonds. The summed E-state index contributed by atoms with van der Waals surface area (Å²) in [6.07, 6.45) is 9.52. The number of rotatable bonds is 18. The summed E-state index contributed by atoms with van der Waals surface area (Å²) in [7, 11) is 1.55. The molecule has 3 heterocycles. The molecule has 0 saturated carbocycles. The van der Waals surface area contributed by atoms with Crippen LogP contribution < -0.4 is 19.9 Å². The summed E-state index contributed by atoms with van der Waals surface area (Å²) in [5, 5.41) is 13.0. The van der Waals surface area contributed by atoms with Gasteiger partial charge in [0, 0.05) is 37.9 Å². The zero-order chi connectivity index (χ0) is 33.4. The molecule has 4 rings (SSSR count). The minimum atomic E-state index is -0.813. The Kier molecular flexibility index (Phi) is 13.7. The van der Waals surface area contributed by atoms with E-state index in [1.165, 1.54) is 17.3 Å². The zero-order valence-electron chi connectivity index (χ0n) is 26.0. The standard InChI is InChI=1S/C30H37ClN8O8/c1-44-26-10-9-22(16-25(26)31)17-32-21-38(28-33-11-7-12-34-28)27(40)23-18-35-29(36-19-23)37-13-6-8-24(37)20-46-30(41)45-14-4-2-3-5-15-47-39(42)43/h7,9-12,16,18-19,24,32H,2-6,8,13-15,17,20-21H2,1H3/t24-/m0/s1. The van der Waals surface area contributed by atoms with E-state index in [2.05, 4.69) is 30.1 Å². The van der Waals surface area contributed by atoms with Gasteiger partial charge in [-0.05, 0) is 55.9 Å². The second kappa shape index (κ2) is 18.3. The Morgan fingerprint density at radius 3 is 2.53 bits per heavy atom. The highest BCUT2D eigenvalue weighted by atomic mass is 35.5. The van der Waals surface area contributed by atoms with Gasteiger partial charge in [-0.25, -0.2) is 24.7 Å². The van der Waals surface area contributed by atoms with Crippen molar-refractivity contribution in [1.82, 2.24) is 25.3 Å². The van der Waals surface area contributed by atoms with Crippen molar-refractivity contribution < 1.29 is 33.7 Å². The van der Waals surface area contributed by atoms with Crippen LogP contribution in [0.15, 0.2) is 49.1 Å². The highest BCUT2D eigenvalue weighted by Gasteiger charge is 2.29. The third-order valence-electron chi connectivity index (χ3n) is 7.22. The van der Waals surface area contributed by atoms with Gasteiger partial charge in [0.05, 0.1) is 43.6 Å². The molecule has 1 aliphatic rings. The molecule has 1 N–H and O–H groups in total. The van der Waals surface area contributed by atoms with E-state index in [0.717, 1.165) is 31.2 Å². The maximum absolute atomic E-state index is 13.6. The van der Waals surface area contributed by atoms with E-state index >= 15 is 0 Å².